The molecule has 0 bridgehead atoms. The highest BCUT2D eigenvalue weighted by Crippen LogP contribution is 2.19. The summed E-state index contributed by atoms with van der Waals surface area (Å²) < 4.78 is 0. The Morgan fingerprint density at radius 2 is 1.81 bits per heavy atom. The molecule has 1 aromatic rings. The third-order valence-corrected chi connectivity index (χ3v) is 4.37. The van der Waals surface area contributed by atoms with Gasteiger partial charge in [0, 0.05) is 51.5 Å². The van der Waals surface area contributed by atoms with Gasteiger partial charge in [0.15, 0.2) is 0 Å². The van der Waals surface area contributed by atoms with Gasteiger partial charge in [-0.05, 0) is 38.6 Å². The Balaban J connectivity index is 1.92. The molecule has 0 radical (unpaired) electrons. The SMILES string of the molecule is Cc1ccccc1N(CCCN)CCN1CCN(C)CC1. The average Bonchev–Trinajstić information content (AvgIpc) is 2.50. The lowest BCUT2D eigenvalue weighted by molar-refractivity contribution is 0.157. The van der Waals surface area contributed by atoms with Gasteiger partial charge < -0.3 is 15.5 Å². The lowest BCUT2D eigenvalue weighted by atomic mass is 10.1. The van der Waals surface area contributed by atoms with Crippen LogP contribution in [0.2, 0.25) is 0 Å². The topological polar surface area (TPSA) is 35.7 Å². The van der Waals surface area contributed by atoms with Crippen LogP contribution in [-0.4, -0.2) is 69.2 Å². The van der Waals surface area contributed by atoms with E-state index in [1.165, 1.54) is 37.4 Å². The minimum atomic E-state index is 0.761. The van der Waals surface area contributed by atoms with Gasteiger partial charge in [0.1, 0.15) is 0 Å². The highest BCUT2D eigenvalue weighted by Gasteiger charge is 2.15. The van der Waals surface area contributed by atoms with Crippen LogP contribution < -0.4 is 10.6 Å². The molecule has 0 saturated carbocycles. The number of rotatable bonds is 7. The summed E-state index contributed by atoms with van der Waals surface area (Å²) in [7, 11) is 2.21. The van der Waals surface area contributed by atoms with E-state index in [4.69, 9.17) is 5.73 Å². The molecule has 1 aromatic carbocycles. The second-order valence-electron chi connectivity index (χ2n) is 6.06. The molecule has 0 unspecified atom stereocenters. The van der Waals surface area contributed by atoms with E-state index in [1.807, 2.05) is 0 Å². The maximum Gasteiger partial charge on any atom is 0.0396 e. The lowest BCUT2D eigenvalue weighted by Crippen LogP contribution is -2.47. The molecule has 21 heavy (non-hydrogen) atoms. The molecule has 1 fully saturated rings. The van der Waals surface area contributed by atoms with Crippen LogP contribution in [-0.2, 0) is 0 Å². The van der Waals surface area contributed by atoms with E-state index in [-0.39, 0.29) is 0 Å². The second kappa shape index (κ2) is 8.37. The molecule has 4 nitrogen and oxygen atoms in total. The monoisotopic (exact) mass is 290 g/mol. The van der Waals surface area contributed by atoms with Crippen LogP contribution in [0, 0.1) is 6.92 Å². The summed E-state index contributed by atoms with van der Waals surface area (Å²) in [5, 5.41) is 0. The van der Waals surface area contributed by atoms with Crippen LogP contribution in [0.5, 0.6) is 0 Å². The molecular weight excluding hydrogens is 260 g/mol. The van der Waals surface area contributed by atoms with Crippen molar-refractivity contribution >= 4 is 5.69 Å². The van der Waals surface area contributed by atoms with Gasteiger partial charge in [0.2, 0.25) is 0 Å². The summed E-state index contributed by atoms with van der Waals surface area (Å²) in [6.07, 6.45) is 1.05. The predicted molar refractivity (Wildman–Crippen MR) is 91.0 cm³/mol. The van der Waals surface area contributed by atoms with E-state index in [0.717, 1.165) is 32.6 Å². The van der Waals surface area contributed by atoms with Crippen molar-refractivity contribution in [2.24, 2.45) is 5.73 Å². The fourth-order valence-electron chi connectivity index (χ4n) is 2.89. The first-order chi connectivity index (χ1) is 10.2. The number of nitrogens with two attached hydrogens (primary N) is 1. The highest BCUT2D eigenvalue weighted by atomic mass is 15.3. The lowest BCUT2D eigenvalue weighted by Gasteiger charge is -2.35. The molecule has 0 amide bonds. The van der Waals surface area contributed by atoms with Gasteiger partial charge in [-0.3, -0.25) is 4.90 Å². The normalized spacial score (nSPS) is 17.1. The number of para-hydroxylation sites is 1. The molecule has 1 heterocycles. The number of nitrogens with zero attached hydrogens (tertiary/aromatic N) is 3. The summed E-state index contributed by atoms with van der Waals surface area (Å²) in [6.45, 7) is 11.0. The molecule has 2 rings (SSSR count). The smallest absolute Gasteiger partial charge is 0.0396 e. The molecular formula is C17H30N4. The van der Waals surface area contributed by atoms with E-state index in [2.05, 4.69) is 52.9 Å². The third-order valence-electron chi connectivity index (χ3n) is 4.37. The molecule has 1 saturated heterocycles. The zero-order valence-corrected chi connectivity index (χ0v) is 13.6. The molecule has 0 atom stereocenters. The Bertz CT molecular complexity index is 413. The van der Waals surface area contributed by atoms with Crippen molar-refractivity contribution in [1.29, 1.82) is 0 Å². The van der Waals surface area contributed by atoms with E-state index >= 15 is 0 Å². The van der Waals surface area contributed by atoms with Gasteiger partial charge in [0.25, 0.3) is 0 Å². The Morgan fingerprint density at radius 3 is 2.48 bits per heavy atom. The van der Waals surface area contributed by atoms with Crippen LogP contribution >= 0.6 is 0 Å². The molecule has 0 aliphatic carbocycles. The van der Waals surface area contributed by atoms with E-state index in [0.29, 0.717) is 0 Å². The maximum absolute atomic E-state index is 5.70. The number of hydrogen-bond acceptors (Lipinski definition) is 4. The molecule has 0 aromatic heterocycles. The number of piperazine rings is 1. The fourth-order valence-corrected chi connectivity index (χ4v) is 2.89. The number of anilines is 1. The van der Waals surface area contributed by atoms with Crippen LogP contribution in [0.25, 0.3) is 0 Å². The summed E-state index contributed by atoms with van der Waals surface area (Å²) in [5.74, 6) is 0. The Labute approximate surface area is 129 Å². The van der Waals surface area contributed by atoms with Crippen molar-refractivity contribution in [3.63, 3.8) is 0 Å². The Morgan fingerprint density at radius 1 is 1.10 bits per heavy atom. The number of likely N-dealkylation sites (N-methyl/N-ethyl adjacent to an activating group) is 1. The van der Waals surface area contributed by atoms with Crippen molar-refractivity contribution in [1.82, 2.24) is 9.80 Å². The maximum atomic E-state index is 5.70. The van der Waals surface area contributed by atoms with Crippen LogP contribution in [0.15, 0.2) is 24.3 Å². The first-order valence-electron chi connectivity index (χ1n) is 8.12. The van der Waals surface area contributed by atoms with E-state index in [9.17, 15) is 0 Å². The summed E-state index contributed by atoms with van der Waals surface area (Å²) in [6, 6.07) is 8.67. The molecule has 0 spiro atoms. The van der Waals surface area contributed by atoms with E-state index < -0.39 is 0 Å². The highest BCUT2D eigenvalue weighted by molar-refractivity contribution is 5.52. The van der Waals surface area contributed by atoms with Crippen molar-refractivity contribution in [2.45, 2.75) is 13.3 Å². The van der Waals surface area contributed by atoms with Crippen molar-refractivity contribution in [2.75, 3.05) is 64.3 Å². The van der Waals surface area contributed by atoms with Gasteiger partial charge >= 0.3 is 0 Å². The summed E-state index contributed by atoms with van der Waals surface area (Å²) >= 11 is 0. The Hall–Kier alpha value is -1.10. The second-order valence-corrected chi connectivity index (χ2v) is 6.06. The quantitative estimate of drug-likeness (QED) is 0.823. The number of aryl methyl sites for hydroxylation is 1. The molecule has 4 heteroatoms. The standard InChI is InChI=1S/C17H30N4/c1-16-6-3-4-7-17(16)21(9-5-8-18)15-14-20-12-10-19(2)11-13-20/h3-4,6-7H,5,8-15,18H2,1-2H3. The first-order valence-corrected chi connectivity index (χ1v) is 8.12. The van der Waals surface area contributed by atoms with Crippen molar-refractivity contribution < 1.29 is 0 Å². The van der Waals surface area contributed by atoms with Crippen LogP contribution in [0.3, 0.4) is 0 Å². The minimum Gasteiger partial charge on any atom is -0.370 e. The molecule has 1 aliphatic heterocycles. The summed E-state index contributed by atoms with van der Waals surface area (Å²) in [5.41, 5.74) is 8.42. The van der Waals surface area contributed by atoms with Crippen molar-refractivity contribution in [3.8, 4) is 0 Å². The van der Waals surface area contributed by atoms with Crippen LogP contribution in [0.1, 0.15) is 12.0 Å². The zero-order valence-electron chi connectivity index (χ0n) is 13.6. The first kappa shape index (κ1) is 16.3. The van der Waals surface area contributed by atoms with Gasteiger partial charge in [0.05, 0.1) is 0 Å². The van der Waals surface area contributed by atoms with Gasteiger partial charge in [-0.1, -0.05) is 18.2 Å². The van der Waals surface area contributed by atoms with Crippen molar-refractivity contribution in [3.05, 3.63) is 29.8 Å². The van der Waals surface area contributed by atoms with Crippen LogP contribution in [0.4, 0.5) is 5.69 Å². The number of hydrogen-bond donors (Lipinski definition) is 1. The molecule has 1 aliphatic rings. The zero-order chi connectivity index (χ0) is 15.1. The minimum absolute atomic E-state index is 0.761. The fraction of sp³-hybridized carbons (Fsp3) is 0.647. The molecule has 118 valence electrons. The van der Waals surface area contributed by atoms with E-state index in [1.54, 1.807) is 0 Å². The third kappa shape index (κ3) is 4.99. The average molecular weight is 290 g/mol. The summed E-state index contributed by atoms with van der Waals surface area (Å²) in [4.78, 5) is 7.48. The van der Waals surface area contributed by atoms with Gasteiger partial charge in [-0.15, -0.1) is 0 Å². The van der Waals surface area contributed by atoms with Gasteiger partial charge in [-0.2, -0.15) is 0 Å². The largest absolute Gasteiger partial charge is 0.370 e. The van der Waals surface area contributed by atoms with Gasteiger partial charge in [-0.25, -0.2) is 0 Å². The Kier molecular flexibility index (Phi) is 6.49. The molecule has 2 N–H and O–H groups in total. The number of benzene rings is 1. The predicted octanol–water partition coefficient (Wildman–Crippen LogP) is 1.40.